The van der Waals surface area contributed by atoms with Crippen molar-refractivity contribution in [2.24, 2.45) is 11.8 Å². The van der Waals surface area contributed by atoms with Crippen molar-refractivity contribution < 1.29 is 9.53 Å². The molecule has 0 aromatic rings. The van der Waals surface area contributed by atoms with Gasteiger partial charge in [-0.25, -0.2) is 4.79 Å². The standard InChI is InChI=1S/C11H16O2/c1-7(2)13-11(12)10-6-8-3-4-9(10)5-8/h6-9H,3-5H2,1-2H3. The molecule has 13 heavy (non-hydrogen) atoms. The second kappa shape index (κ2) is 3.17. The van der Waals surface area contributed by atoms with Gasteiger partial charge in [-0.2, -0.15) is 0 Å². The molecule has 2 atom stereocenters. The Morgan fingerprint density at radius 3 is 2.77 bits per heavy atom. The zero-order valence-corrected chi connectivity index (χ0v) is 8.25. The maximum absolute atomic E-state index is 11.6. The molecular weight excluding hydrogens is 164 g/mol. The Morgan fingerprint density at radius 1 is 1.54 bits per heavy atom. The van der Waals surface area contributed by atoms with Crippen LogP contribution in [0.1, 0.15) is 33.1 Å². The SMILES string of the molecule is CC(C)OC(=O)C1=CC2CCC1C2. The minimum absolute atomic E-state index is 0.00697. The first-order valence-corrected chi connectivity index (χ1v) is 5.09. The molecule has 2 unspecified atom stereocenters. The van der Waals surface area contributed by atoms with E-state index in [9.17, 15) is 4.79 Å². The first kappa shape index (κ1) is 8.79. The van der Waals surface area contributed by atoms with E-state index in [0.29, 0.717) is 11.8 Å². The lowest BCUT2D eigenvalue weighted by molar-refractivity contribution is -0.143. The Bertz CT molecular complexity index is 253. The van der Waals surface area contributed by atoms with Crippen LogP contribution < -0.4 is 0 Å². The Morgan fingerprint density at radius 2 is 2.31 bits per heavy atom. The van der Waals surface area contributed by atoms with Gasteiger partial charge < -0.3 is 4.74 Å². The number of fused-ring (bicyclic) bond motifs is 2. The molecule has 0 aliphatic heterocycles. The van der Waals surface area contributed by atoms with E-state index < -0.39 is 0 Å². The molecule has 0 heterocycles. The minimum atomic E-state index is -0.0813. The van der Waals surface area contributed by atoms with Gasteiger partial charge in [0.2, 0.25) is 0 Å². The summed E-state index contributed by atoms with van der Waals surface area (Å²) in [6.07, 6.45) is 5.77. The first-order chi connectivity index (χ1) is 6.16. The average Bonchev–Trinajstić information content (AvgIpc) is 2.62. The maximum atomic E-state index is 11.6. The van der Waals surface area contributed by atoms with E-state index in [2.05, 4.69) is 6.08 Å². The molecule has 2 heteroatoms. The summed E-state index contributed by atoms with van der Waals surface area (Å²) < 4.78 is 5.18. The minimum Gasteiger partial charge on any atom is -0.460 e. The largest absolute Gasteiger partial charge is 0.460 e. The molecule has 1 fully saturated rings. The van der Waals surface area contributed by atoms with Crippen molar-refractivity contribution in [1.29, 1.82) is 0 Å². The highest BCUT2D eigenvalue weighted by Crippen LogP contribution is 2.43. The van der Waals surface area contributed by atoms with Crippen molar-refractivity contribution >= 4 is 5.97 Å². The van der Waals surface area contributed by atoms with Crippen LogP contribution in [0, 0.1) is 11.8 Å². The van der Waals surface area contributed by atoms with E-state index in [1.54, 1.807) is 0 Å². The number of esters is 1. The predicted octanol–water partition coefficient (Wildman–Crippen LogP) is 2.29. The number of carbonyl (C=O) groups is 1. The number of carbonyl (C=O) groups excluding carboxylic acids is 1. The fourth-order valence-corrected chi connectivity index (χ4v) is 2.36. The molecule has 0 amide bonds. The quantitative estimate of drug-likeness (QED) is 0.609. The van der Waals surface area contributed by atoms with Crippen molar-refractivity contribution in [1.82, 2.24) is 0 Å². The summed E-state index contributed by atoms with van der Waals surface area (Å²) >= 11 is 0. The average molecular weight is 180 g/mol. The van der Waals surface area contributed by atoms with Crippen molar-refractivity contribution in [3.05, 3.63) is 11.6 Å². The van der Waals surface area contributed by atoms with Crippen molar-refractivity contribution in [3.8, 4) is 0 Å². The van der Waals surface area contributed by atoms with E-state index in [-0.39, 0.29) is 12.1 Å². The second-order valence-corrected chi connectivity index (χ2v) is 4.35. The summed E-state index contributed by atoms with van der Waals surface area (Å²) in [5.74, 6) is 1.10. The third kappa shape index (κ3) is 1.62. The number of allylic oxidation sites excluding steroid dienone is 1. The van der Waals surface area contributed by atoms with Crippen LogP contribution >= 0.6 is 0 Å². The van der Waals surface area contributed by atoms with Gasteiger partial charge in [0.25, 0.3) is 0 Å². The monoisotopic (exact) mass is 180 g/mol. The molecule has 0 radical (unpaired) electrons. The summed E-state index contributed by atoms with van der Waals surface area (Å²) in [7, 11) is 0. The van der Waals surface area contributed by atoms with E-state index in [0.717, 1.165) is 5.57 Å². The van der Waals surface area contributed by atoms with Gasteiger partial charge in [-0.05, 0) is 44.9 Å². The molecule has 2 aliphatic carbocycles. The molecule has 2 nitrogen and oxygen atoms in total. The van der Waals surface area contributed by atoms with Crippen LogP contribution in [0.2, 0.25) is 0 Å². The highest BCUT2D eigenvalue weighted by molar-refractivity contribution is 5.90. The topological polar surface area (TPSA) is 26.3 Å². The van der Waals surface area contributed by atoms with Gasteiger partial charge >= 0.3 is 5.97 Å². The molecule has 72 valence electrons. The van der Waals surface area contributed by atoms with Crippen LogP contribution in [0.15, 0.2) is 11.6 Å². The molecule has 2 rings (SSSR count). The van der Waals surface area contributed by atoms with Crippen molar-refractivity contribution in [2.75, 3.05) is 0 Å². The normalized spacial score (nSPS) is 30.8. The van der Waals surface area contributed by atoms with Crippen molar-refractivity contribution in [2.45, 2.75) is 39.2 Å². The first-order valence-electron chi connectivity index (χ1n) is 5.09. The fraction of sp³-hybridized carbons (Fsp3) is 0.727. The third-order valence-electron chi connectivity index (χ3n) is 2.91. The van der Waals surface area contributed by atoms with Crippen LogP contribution in [0.3, 0.4) is 0 Å². The third-order valence-corrected chi connectivity index (χ3v) is 2.91. The Balaban J connectivity index is 2.02. The lowest BCUT2D eigenvalue weighted by Gasteiger charge is -2.14. The van der Waals surface area contributed by atoms with E-state index in [1.807, 2.05) is 13.8 Å². The highest BCUT2D eigenvalue weighted by atomic mass is 16.5. The Labute approximate surface area is 79.0 Å². The van der Waals surface area contributed by atoms with Crippen LogP contribution in [-0.4, -0.2) is 12.1 Å². The van der Waals surface area contributed by atoms with Gasteiger partial charge in [-0.3, -0.25) is 0 Å². The van der Waals surface area contributed by atoms with Crippen LogP contribution in [0.5, 0.6) is 0 Å². The fourth-order valence-electron chi connectivity index (χ4n) is 2.36. The number of rotatable bonds is 2. The zero-order chi connectivity index (χ0) is 9.42. The molecule has 0 saturated heterocycles. The smallest absolute Gasteiger partial charge is 0.334 e. The molecule has 0 aromatic carbocycles. The molecule has 1 saturated carbocycles. The van der Waals surface area contributed by atoms with Gasteiger partial charge in [0, 0.05) is 5.57 Å². The number of hydrogen-bond donors (Lipinski definition) is 0. The van der Waals surface area contributed by atoms with Crippen LogP contribution in [0.4, 0.5) is 0 Å². The van der Waals surface area contributed by atoms with Gasteiger partial charge in [0.1, 0.15) is 0 Å². The van der Waals surface area contributed by atoms with Gasteiger partial charge in [0.15, 0.2) is 0 Å². The van der Waals surface area contributed by atoms with Crippen LogP contribution in [-0.2, 0) is 9.53 Å². The van der Waals surface area contributed by atoms with E-state index in [1.165, 1.54) is 19.3 Å². The zero-order valence-electron chi connectivity index (χ0n) is 8.25. The summed E-state index contributed by atoms with van der Waals surface area (Å²) in [6.45, 7) is 3.79. The van der Waals surface area contributed by atoms with Gasteiger partial charge in [-0.1, -0.05) is 6.08 Å². The summed E-state index contributed by atoms with van der Waals surface area (Å²) in [5.41, 5.74) is 0.949. The Kier molecular flexibility index (Phi) is 2.14. The van der Waals surface area contributed by atoms with Gasteiger partial charge in [0.05, 0.1) is 6.10 Å². The maximum Gasteiger partial charge on any atom is 0.334 e. The van der Waals surface area contributed by atoms with E-state index in [4.69, 9.17) is 4.74 Å². The number of ether oxygens (including phenoxy) is 1. The summed E-state index contributed by atoms with van der Waals surface area (Å²) in [4.78, 5) is 11.6. The van der Waals surface area contributed by atoms with Gasteiger partial charge in [-0.15, -0.1) is 0 Å². The lowest BCUT2D eigenvalue weighted by atomic mass is 9.99. The van der Waals surface area contributed by atoms with E-state index >= 15 is 0 Å². The molecule has 0 spiro atoms. The Hall–Kier alpha value is -0.790. The molecule has 2 bridgehead atoms. The summed E-state index contributed by atoms with van der Waals surface area (Å²) in [5, 5.41) is 0. The molecular formula is C11H16O2. The molecule has 2 aliphatic rings. The van der Waals surface area contributed by atoms with Crippen molar-refractivity contribution in [3.63, 3.8) is 0 Å². The second-order valence-electron chi connectivity index (χ2n) is 4.35. The summed E-state index contributed by atoms with van der Waals surface area (Å²) in [6, 6.07) is 0. The molecule has 0 aromatic heterocycles. The molecule has 0 N–H and O–H groups in total. The lowest BCUT2D eigenvalue weighted by Crippen LogP contribution is -2.17. The van der Waals surface area contributed by atoms with Crippen LogP contribution in [0.25, 0.3) is 0 Å². The highest BCUT2D eigenvalue weighted by Gasteiger charge is 2.36. The predicted molar refractivity (Wildman–Crippen MR) is 50.1 cm³/mol. The number of hydrogen-bond acceptors (Lipinski definition) is 2.